The van der Waals surface area contributed by atoms with Crippen molar-refractivity contribution in [2.75, 3.05) is 14.1 Å². The van der Waals surface area contributed by atoms with Gasteiger partial charge in [0.1, 0.15) is 0 Å². The molecule has 0 bridgehead atoms. The highest BCUT2D eigenvalue weighted by Gasteiger charge is 2.36. The Morgan fingerprint density at radius 1 is 1.38 bits per heavy atom. The number of nitrogens with zero attached hydrogens (tertiary/aromatic N) is 1. The van der Waals surface area contributed by atoms with Gasteiger partial charge < -0.3 is 10.2 Å². The summed E-state index contributed by atoms with van der Waals surface area (Å²) in [7, 11) is 3.53. The van der Waals surface area contributed by atoms with Crippen LogP contribution in [-0.4, -0.2) is 36.9 Å². The minimum Gasteiger partial charge on any atom is -0.350 e. The Morgan fingerprint density at radius 2 is 2.00 bits per heavy atom. The molecular weight excluding hydrogens is 204 g/mol. The maximum Gasteiger partial charge on any atom is 0.243 e. The van der Waals surface area contributed by atoms with Crippen LogP contribution in [-0.2, 0) is 9.59 Å². The van der Waals surface area contributed by atoms with E-state index in [0.717, 1.165) is 12.8 Å². The average Bonchev–Trinajstić information content (AvgIpc) is 2.58. The zero-order valence-corrected chi connectivity index (χ0v) is 10.2. The summed E-state index contributed by atoms with van der Waals surface area (Å²) in [5.41, 5.74) is 0. The van der Waals surface area contributed by atoms with E-state index in [0.29, 0.717) is 5.92 Å². The Hall–Kier alpha value is -1.32. The molecule has 1 fully saturated rings. The molecule has 4 nitrogen and oxygen atoms in total. The monoisotopic (exact) mass is 224 g/mol. The second kappa shape index (κ2) is 5.14. The molecule has 2 amide bonds. The largest absolute Gasteiger partial charge is 0.350 e. The van der Waals surface area contributed by atoms with Crippen LogP contribution >= 0.6 is 0 Å². The standard InChI is InChI=1S/C12H20N2O2/c1-5-11(15)13-10-7-9(6-8(10)2)12(16)14(3)4/h5,8-10H,1,6-7H2,2-4H3,(H,13,15)/t8-,9-,10+/m1/s1. The fourth-order valence-electron chi connectivity index (χ4n) is 2.26. The van der Waals surface area contributed by atoms with E-state index >= 15 is 0 Å². The molecule has 1 N–H and O–H groups in total. The van der Waals surface area contributed by atoms with E-state index in [-0.39, 0.29) is 23.8 Å². The Kier molecular flexibility index (Phi) is 4.10. The minimum atomic E-state index is -0.158. The summed E-state index contributed by atoms with van der Waals surface area (Å²) in [6.07, 6.45) is 2.85. The van der Waals surface area contributed by atoms with Crippen molar-refractivity contribution in [2.24, 2.45) is 11.8 Å². The van der Waals surface area contributed by atoms with Crippen molar-refractivity contribution in [3.05, 3.63) is 12.7 Å². The van der Waals surface area contributed by atoms with Crippen LogP contribution in [0.4, 0.5) is 0 Å². The van der Waals surface area contributed by atoms with E-state index in [2.05, 4.69) is 18.8 Å². The zero-order chi connectivity index (χ0) is 12.3. The van der Waals surface area contributed by atoms with Crippen molar-refractivity contribution in [3.63, 3.8) is 0 Å². The number of rotatable bonds is 3. The second-order valence-electron chi connectivity index (χ2n) is 4.70. The molecule has 0 heterocycles. The van der Waals surface area contributed by atoms with Gasteiger partial charge in [-0.25, -0.2) is 0 Å². The van der Waals surface area contributed by atoms with Crippen molar-refractivity contribution in [3.8, 4) is 0 Å². The van der Waals surface area contributed by atoms with Crippen molar-refractivity contribution in [1.82, 2.24) is 10.2 Å². The second-order valence-corrected chi connectivity index (χ2v) is 4.70. The number of amides is 2. The van der Waals surface area contributed by atoms with E-state index < -0.39 is 0 Å². The summed E-state index contributed by atoms with van der Waals surface area (Å²) in [6.45, 7) is 5.49. The quantitative estimate of drug-likeness (QED) is 0.721. The van der Waals surface area contributed by atoms with Gasteiger partial charge in [0.15, 0.2) is 0 Å². The highest BCUT2D eigenvalue weighted by atomic mass is 16.2. The molecule has 0 radical (unpaired) electrons. The molecule has 1 saturated carbocycles. The molecule has 90 valence electrons. The smallest absolute Gasteiger partial charge is 0.243 e. The summed E-state index contributed by atoms with van der Waals surface area (Å²) >= 11 is 0. The average molecular weight is 224 g/mol. The van der Waals surface area contributed by atoms with Gasteiger partial charge in [0.2, 0.25) is 11.8 Å². The van der Waals surface area contributed by atoms with Gasteiger partial charge >= 0.3 is 0 Å². The van der Waals surface area contributed by atoms with Gasteiger partial charge in [-0.1, -0.05) is 13.5 Å². The first-order valence-electron chi connectivity index (χ1n) is 5.59. The predicted octanol–water partition coefficient (Wildman–Crippen LogP) is 0.791. The molecule has 0 aromatic heterocycles. The third-order valence-corrected chi connectivity index (χ3v) is 3.18. The Balaban J connectivity index is 2.56. The normalized spacial score (nSPS) is 28.6. The van der Waals surface area contributed by atoms with Crippen LogP contribution in [0.15, 0.2) is 12.7 Å². The topological polar surface area (TPSA) is 49.4 Å². The van der Waals surface area contributed by atoms with Gasteiger partial charge in [-0.05, 0) is 24.8 Å². The molecule has 0 saturated heterocycles. The number of hydrogen-bond donors (Lipinski definition) is 1. The fourth-order valence-corrected chi connectivity index (χ4v) is 2.26. The summed E-state index contributed by atoms with van der Waals surface area (Å²) in [6, 6.07) is 0.0967. The van der Waals surface area contributed by atoms with Gasteiger partial charge in [-0.15, -0.1) is 0 Å². The SMILES string of the molecule is C=CC(=O)N[C@H]1C[C@H](C(=O)N(C)C)C[C@H]1C. The zero-order valence-electron chi connectivity index (χ0n) is 10.2. The van der Waals surface area contributed by atoms with Crippen molar-refractivity contribution >= 4 is 11.8 Å². The van der Waals surface area contributed by atoms with Crippen LogP contribution < -0.4 is 5.32 Å². The number of hydrogen-bond acceptors (Lipinski definition) is 2. The first-order valence-corrected chi connectivity index (χ1v) is 5.59. The molecule has 1 rings (SSSR count). The molecule has 0 aromatic rings. The lowest BCUT2D eigenvalue weighted by molar-refractivity contribution is -0.133. The molecule has 0 spiro atoms. The molecule has 1 aliphatic rings. The molecule has 1 aliphatic carbocycles. The molecular formula is C12H20N2O2. The lowest BCUT2D eigenvalue weighted by Gasteiger charge is -2.16. The van der Waals surface area contributed by atoms with E-state index in [1.54, 1.807) is 19.0 Å². The first-order chi connectivity index (χ1) is 7.45. The van der Waals surface area contributed by atoms with Crippen molar-refractivity contribution < 1.29 is 9.59 Å². The van der Waals surface area contributed by atoms with E-state index in [9.17, 15) is 9.59 Å². The van der Waals surface area contributed by atoms with E-state index in [1.165, 1.54) is 6.08 Å². The number of carbonyl (C=O) groups is 2. The van der Waals surface area contributed by atoms with Crippen LogP contribution in [0.1, 0.15) is 19.8 Å². The minimum absolute atomic E-state index is 0.0418. The molecule has 0 aliphatic heterocycles. The summed E-state index contributed by atoms with van der Waals surface area (Å²) in [5.74, 6) is 0.384. The third-order valence-electron chi connectivity index (χ3n) is 3.18. The van der Waals surface area contributed by atoms with Gasteiger partial charge in [0, 0.05) is 26.1 Å². The van der Waals surface area contributed by atoms with Gasteiger partial charge in [0.05, 0.1) is 0 Å². The van der Waals surface area contributed by atoms with Gasteiger partial charge in [0.25, 0.3) is 0 Å². The van der Waals surface area contributed by atoms with Crippen LogP contribution in [0, 0.1) is 11.8 Å². The molecule has 0 aromatic carbocycles. The fraction of sp³-hybridized carbons (Fsp3) is 0.667. The van der Waals surface area contributed by atoms with E-state index in [1.807, 2.05) is 0 Å². The Bertz CT molecular complexity index is 299. The summed E-state index contributed by atoms with van der Waals surface area (Å²) < 4.78 is 0. The lowest BCUT2D eigenvalue weighted by atomic mass is 10.1. The molecule has 4 heteroatoms. The predicted molar refractivity (Wildman–Crippen MR) is 62.7 cm³/mol. The Morgan fingerprint density at radius 3 is 2.50 bits per heavy atom. The van der Waals surface area contributed by atoms with Crippen molar-refractivity contribution in [2.45, 2.75) is 25.8 Å². The van der Waals surface area contributed by atoms with E-state index in [4.69, 9.17) is 0 Å². The van der Waals surface area contributed by atoms with Crippen molar-refractivity contribution in [1.29, 1.82) is 0 Å². The van der Waals surface area contributed by atoms with Crippen LogP contribution in [0.25, 0.3) is 0 Å². The van der Waals surface area contributed by atoms with Crippen LogP contribution in [0.3, 0.4) is 0 Å². The molecule has 16 heavy (non-hydrogen) atoms. The number of nitrogens with one attached hydrogen (secondary N) is 1. The van der Waals surface area contributed by atoms with Crippen LogP contribution in [0.2, 0.25) is 0 Å². The third kappa shape index (κ3) is 2.84. The lowest BCUT2D eigenvalue weighted by Crippen LogP contribution is -2.36. The van der Waals surface area contributed by atoms with Crippen LogP contribution in [0.5, 0.6) is 0 Å². The number of carbonyl (C=O) groups excluding carboxylic acids is 2. The molecule has 0 unspecified atom stereocenters. The summed E-state index contributed by atoms with van der Waals surface area (Å²) in [5, 5.41) is 2.87. The highest BCUT2D eigenvalue weighted by Crippen LogP contribution is 2.31. The first kappa shape index (κ1) is 12.7. The maximum absolute atomic E-state index is 11.8. The van der Waals surface area contributed by atoms with Gasteiger partial charge in [-0.2, -0.15) is 0 Å². The van der Waals surface area contributed by atoms with Gasteiger partial charge in [-0.3, -0.25) is 9.59 Å². The summed E-state index contributed by atoms with van der Waals surface area (Å²) in [4.78, 5) is 24.6. The Labute approximate surface area is 96.7 Å². The molecule has 3 atom stereocenters. The highest BCUT2D eigenvalue weighted by molar-refractivity contribution is 5.87. The maximum atomic E-state index is 11.8.